The molecule has 3 N–H and O–H groups in total. The molecule has 1 aromatic rings. The van der Waals surface area contributed by atoms with E-state index in [0.29, 0.717) is 3.72 Å². The lowest BCUT2D eigenvalue weighted by atomic mass is 10.5. The Morgan fingerprint density at radius 1 is 1.60 bits per heavy atom. The summed E-state index contributed by atoms with van der Waals surface area (Å²) in [5.74, 6) is 0.788. The Bertz CT molecular complexity index is 300. The van der Waals surface area contributed by atoms with Crippen molar-refractivity contribution in [2.24, 2.45) is 0 Å². The zero-order chi connectivity index (χ0) is 6.97. The highest BCUT2D eigenvalue weighted by Gasteiger charge is 2.10. The van der Waals surface area contributed by atoms with Gasteiger partial charge in [-0.15, -0.1) is 0 Å². The van der Waals surface area contributed by atoms with Crippen LogP contribution in [0.1, 0.15) is 5.69 Å². The van der Waals surface area contributed by atoms with Gasteiger partial charge in [-0.25, -0.2) is 4.98 Å². The molecule has 0 bridgehead atoms. The highest BCUT2D eigenvalue weighted by atomic mass is 127. The number of aromatic amines is 1. The van der Waals surface area contributed by atoms with Crippen LogP contribution in [0.2, 0.25) is 0 Å². The molecule has 0 spiro atoms. The molecule has 0 saturated heterocycles. The molecule has 52 valence electrons. The van der Waals surface area contributed by atoms with Crippen molar-refractivity contribution in [1.82, 2.24) is 9.97 Å². The van der Waals surface area contributed by atoms with E-state index in [4.69, 9.17) is 5.41 Å². The molecule has 1 aliphatic rings. The average Bonchev–Trinajstić information content (AvgIpc) is 2.36. The topological polar surface area (TPSA) is 64.6 Å². The normalized spacial score (nSPS) is 15.4. The van der Waals surface area contributed by atoms with Crippen molar-refractivity contribution in [1.29, 1.82) is 5.41 Å². The Morgan fingerprint density at radius 3 is 3.30 bits per heavy atom. The van der Waals surface area contributed by atoms with E-state index < -0.39 is 0 Å². The van der Waals surface area contributed by atoms with Gasteiger partial charge in [0.25, 0.3) is 0 Å². The maximum absolute atomic E-state index is 7.49. The van der Waals surface area contributed by atoms with E-state index >= 15 is 0 Å². The van der Waals surface area contributed by atoms with Gasteiger partial charge in [0.05, 0.1) is 6.33 Å². The Hall–Kier alpha value is -0.720. The molecule has 0 aliphatic carbocycles. The van der Waals surface area contributed by atoms with Crippen LogP contribution in [0.5, 0.6) is 0 Å². The van der Waals surface area contributed by atoms with E-state index in [0.717, 1.165) is 11.5 Å². The van der Waals surface area contributed by atoms with Crippen molar-refractivity contribution in [3.63, 3.8) is 0 Å². The quantitative estimate of drug-likeness (QED) is 0.597. The second kappa shape index (κ2) is 2.15. The number of nitrogens with zero attached hydrogens (tertiary/aromatic N) is 1. The van der Waals surface area contributed by atoms with Crippen LogP contribution in [-0.4, -0.2) is 17.8 Å². The summed E-state index contributed by atoms with van der Waals surface area (Å²) in [6.45, 7) is 0. The predicted octanol–water partition coefficient (Wildman–Crippen LogP) is 0.891. The van der Waals surface area contributed by atoms with Crippen LogP contribution in [-0.2, 0) is 0 Å². The number of anilines is 1. The molecule has 1 aromatic heterocycles. The zero-order valence-electron chi connectivity index (χ0n) is 4.98. The second-order valence-corrected chi connectivity index (χ2v) is 4.13. The van der Waals surface area contributed by atoms with Gasteiger partial charge >= 0.3 is 0 Å². The summed E-state index contributed by atoms with van der Waals surface area (Å²) < 4.78 is 2.63. The summed E-state index contributed by atoms with van der Waals surface area (Å²) >= 11 is -0.235. The molecule has 0 unspecified atom stereocenters. The predicted molar refractivity (Wildman–Crippen MR) is 49.1 cm³/mol. The molecule has 0 saturated carbocycles. The Balaban J connectivity index is 2.58. The fraction of sp³-hybridized carbons (Fsp3) is 0. The second-order valence-electron chi connectivity index (χ2n) is 1.80. The van der Waals surface area contributed by atoms with Gasteiger partial charge in [0.1, 0.15) is 9.41 Å². The SMILES string of the molecule is N=C1I=CNc2nc[nH]c21. The van der Waals surface area contributed by atoms with E-state index in [1.54, 1.807) is 6.33 Å². The highest BCUT2D eigenvalue weighted by Crippen LogP contribution is 2.19. The minimum absolute atomic E-state index is 0.235. The van der Waals surface area contributed by atoms with Gasteiger partial charge in [-0.1, -0.05) is 0 Å². The molecule has 5 heteroatoms. The van der Waals surface area contributed by atoms with Crippen LogP contribution < -0.4 is 5.32 Å². The number of hydrogen-bond donors (Lipinski definition) is 3. The number of imidazole rings is 1. The van der Waals surface area contributed by atoms with Crippen LogP contribution in [0.15, 0.2) is 6.33 Å². The van der Waals surface area contributed by atoms with Crippen molar-refractivity contribution >= 4 is 34.4 Å². The van der Waals surface area contributed by atoms with E-state index in [9.17, 15) is 0 Å². The lowest BCUT2D eigenvalue weighted by Gasteiger charge is -2.04. The third-order valence-corrected chi connectivity index (χ3v) is 3.00. The lowest BCUT2D eigenvalue weighted by molar-refractivity contribution is 1.30. The summed E-state index contributed by atoms with van der Waals surface area (Å²) in [5.41, 5.74) is 0.857. The van der Waals surface area contributed by atoms with Crippen LogP contribution in [0, 0.1) is 5.41 Å². The van der Waals surface area contributed by atoms with Crippen molar-refractivity contribution in [3.05, 3.63) is 12.0 Å². The van der Waals surface area contributed by atoms with Crippen LogP contribution in [0.4, 0.5) is 5.82 Å². The number of halogens is 1. The van der Waals surface area contributed by atoms with E-state index in [2.05, 4.69) is 15.3 Å². The molecule has 0 amide bonds. The third-order valence-electron chi connectivity index (χ3n) is 1.21. The summed E-state index contributed by atoms with van der Waals surface area (Å²) in [6.07, 6.45) is 1.61. The minimum Gasteiger partial charge on any atom is -0.341 e. The Kier molecular flexibility index (Phi) is 1.30. The van der Waals surface area contributed by atoms with Gasteiger partial charge in [-0.05, 0) is 20.7 Å². The molecule has 2 rings (SSSR count). The van der Waals surface area contributed by atoms with Gasteiger partial charge in [0, 0.05) is 4.14 Å². The van der Waals surface area contributed by atoms with E-state index in [1.807, 2.05) is 4.14 Å². The monoisotopic (exact) mass is 248 g/mol. The number of hydrogen-bond acceptors (Lipinski definition) is 3. The fourth-order valence-corrected chi connectivity index (χ4v) is 2.24. The number of fused-ring (bicyclic) bond motifs is 1. The average molecular weight is 248 g/mol. The maximum atomic E-state index is 7.49. The van der Waals surface area contributed by atoms with Crippen LogP contribution in [0.25, 0.3) is 0 Å². The van der Waals surface area contributed by atoms with Gasteiger partial charge in [-0.2, -0.15) is 0 Å². The molecule has 4 nitrogen and oxygen atoms in total. The first-order valence-corrected chi connectivity index (χ1v) is 5.04. The minimum atomic E-state index is -0.235. The van der Waals surface area contributed by atoms with Crippen molar-refractivity contribution in [3.8, 4) is 0 Å². The number of nitrogens with one attached hydrogen (secondary N) is 3. The van der Waals surface area contributed by atoms with E-state index in [-0.39, 0.29) is 20.7 Å². The fourth-order valence-electron chi connectivity index (χ4n) is 0.759. The first-order valence-electron chi connectivity index (χ1n) is 2.72. The molecule has 1 aliphatic heterocycles. The first-order chi connectivity index (χ1) is 4.88. The van der Waals surface area contributed by atoms with Crippen molar-refractivity contribution in [2.75, 3.05) is 5.32 Å². The van der Waals surface area contributed by atoms with Gasteiger partial charge in [0.15, 0.2) is 5.82 Å². The summed E-state index contributed by atoms with van der Waals surface area (Å²) in [5, 5.41) is 10.5. The number of rotatable bonds is 0. The van der Waals surface area contributed by atoms with Crippen molar-refractivity contribution < 1.29 is 0 Å². The molecule has 2 heterocycles. The Labute approximate surface area is 67.3 Å². The molecular formula is C5H5IN4. The molecule has 0 radical (unpaired) electrons. The zero-order valence-corrected chi connectivity index (χ0v) is 7.14. The van der Waals surface area contributed by atoms with E-state index in [1.165, 1.54) is 0 Å². The number of H-pyrrole nitrogens is 1. The highest BCUT2D eigenvalue weighted by molar-refractivity contribution is 14.2. The molecule has 0 aromatic carbocycles. The third kappa shape index (κ3) is 0.772. The summed E-state index contributed by atoms with van der Waals surface area (Å²) in [6, 6.07) is 0. The molecule has 0 atom stereocenters. The smallest absolute Gasteiger partial charge is 0.158 e. The largest absolute Gasteiger partial charge is 0.341 e. The van der Waals surface area contributed by atoms with Crippen molar-refractivity contribution in [2.45, 2.75) is 0 Å². The number of aromatic nitrogens is 2. The Morgan fingerprint density at radius 2 is 2.50 bits per heavy atom. The molecule has 0 fully saturated rings. The standard InChI is InChI=1S/C5H5IN4/c7-4-3-5(8-1-6-4)10-2-9-3/h1-2,7-8H,(H,9,10). The summed E-state index contributed by atoms with van der Waals surface area (Å²) in [4.78, 5) is 6.90. The van der Waals surface area contributed by atoms with Gasteiger partial charge in [-0.3, -0.25) is 5.41 Å². The summed E-state index contributed by atoms with van der Waals surface area (Å²) in [7, 11) is 0. The van der Waals surface area contributed by atoms with Crippen LogP contribution in [0.3, 0.4) is 0 Å². The van der Waals surface area contributed by atoms with Crippen LogP contribution >= 0.6 is 20.7 Å². The first kappa shape index (κ1) is 6.02. The van der Waals surface area contributed by atoms with Gasteiger partial charge < -0.3 is 10.3 Å². The maximum Gasteiger partial charge on any atom is 0.158 e. The molecular weight excluding hydrogens is 243 g/mol. The lowest BCUT2D eigenvalue weighted by Crippen LogP contribution is -2.05. The molecule has 10 heavy (non-hydrogen) atoms. The van der Waals surface area contributed by atoms with Gasteiger partial charge in [0.2, 0.25) is 0 Å².